The number of H-pyrrole nitrogens is 1. The lowest BCUT2D eigenvalue weighted by atomic mass is 10.0. The summed E-state index contributed by atoms with van der Waals surface area (Å²) >= 11 is 0. The minimum Gasteiger partial charge on any atom is -0.338 e. The number of urea groups is 1. The molecule has 2 amide bonds. The van der Waals surface area contributed by atoms with Crippen LogP contribution in [0.4, 0.5) is 10.7 Å². The molecule has 0 saturated carbocycles. The number of fused-ring (bicyclic) bond motifs is 1. The quantitative estimate of drug-likeness (QED) is 0.510. The van der Waals surface area contributed by atoms with Crippen LogP contribution in [-0.2, 0) is 0 Å². The summed E-state index contributed by atoms with van der Waals surface area (Å²) in [5.74, 6) is 0.345. The number of aromatic nitrogens is 4. The van der Waals surface area contributed by atoms with Crippen LogP contribution in [0.25, 0.3) is 27.8 Å². The highest BCUT2D eigenvalue weighted by molar-refractivity contribution is 5.94. The van der Waals surface area contributed by atoms with Crippen molar-refractivity contribution < 1.29 is 4.79 Å². The number of nitriles is 1. The largest absolute Gasteiger partial charge is 0.338 e. The predicted molar refractivity (Wildman–Crippen MR) is 106 cm³/mol. The summed E-state index contributed by atoms with van der Waals surface area (Å²) in [6, 6.07) is 14.9. The van der Waals surface area contributed by atoms with Crippen LogP contribution in [0.1, 0.15) is 12.5 Å². The number of rotatable bonds is 4. The average molecular weight is 371 g/mol. The number of hydrogen-bond donors (Lipinski definition) is 3. The normalized spacial score (nSPS) is 10.6. The summed E-state index contributed by atoms with van der Waals surface area (Å²) in [6.45, 7) is 2.36. The van der Waals surface area contributed by atoms with Crippen LogP contribution in [0.5, 0.6) is 0 Å². The molecule has 0 unspecified atom stereocenters. The Bertz CT molecular complexity index is 1190. The van der Waals surface area contributed by atoms with Gasteiger partial charge in [-0.25, -0.2) is 14.5 Å². The van der Waals surface area contributed by atoms with E-state index in [1.807, 2.05) is 49.5 Å². The third-order valence-electron chi connectivity index (χ3n) is 4.22. The van der Waals surface area contributed by atoms with Crippen LogP contribution in [0.3, 0.4) is 0 Å². The molecule has 0 aliphatic rings. The van der Waals surface area contributed by atoms with Gasteiger partial charge < -0.3 is 10.3 Å². The summed E-state index contributed by atoms with van der Waals surface area (Å²) in [4.78, 5) is 19.5. The standard InChI is InChI=1S/C20H17N7O/c1-2-22-20(28)26-19-24-16-10-15(14-6-3-5-13(9-14)12-21)11-17(18(16)25-19)27-8-4-7-23-27/h3-11H,2H2,1H3,(H3,22,24,25,26,28). The molecule has 0 aliphatic heterocycles. The second kappa shape index (κ2) is 7.25. The van der Waals surface area contributed by atoms with Gasteiger partial charge in [0, 0.05) is 18.9 Å². The maximum absolute atomic E-state index is 11.8. The fourth-order valence-electron chi connectivity index (χ4n) is 2.99. The summed E-state index contributed by atoms with van der Waals surface area (Å²) in [6.07, 6.45) is 3.53. The number of benzene rings is 2. The molecule has 4 rings (SSSR count). The van der Waals surface area contributed by atoms with Gasteiger partial charge in [-0.2, -0.15) is 10.4 Å². The predicted octanol–water partition coefficient (Wildman–Crippen LogP) is 3.43. The molecule has 138 valence electrons. The van der Waals surface area contributed by atoms with Gasteiger partial charge in [0.15, 0.2) is 0 Å². The number of nitrogens with zero attached hydrogens (tertiary/aromatic N) is 4. The van der Waals surface area contributed by atoms with Crippen molar-refractivity contribution in [3.8, 4) is 22.9 Å². The zero-order chi connectivity index (χ0) is 19.5. The lowest BCUT2D eigenvalue weighted by molar-refractivity contribution is 0.252. The highest BCUT2D eigenvalue weighted by atomic mass is 16.2. The number of hydrogen-bond acceptors (Lipinski definition) is 4. The fraction of sp³-hybridized carbons (Fsp3) is 0.100. The molecule has 0 bridgehead atoms. The van der Waals surface area contributed by atoms with Crippen molar-refractivity contribution in [2.75, 3.05) is 11.9 Å². The van der Waals surface area contributed by atoms with Crippen LogP contribution in [0, 0.1) is 11.3 Å². The second-order valence-corrected chi connectivity index (χ2v) is 6.10. The van der Waals surface area contributed by atoms with Gasteiger partial charge >= 0.3 is 6.03 Å². The van der Waals surface area contributed by atoms with Crippen molar-refractivity contribution in [1.29, 1.82) is 5.26 Å². The van der Waals surface area contributed by atoms with Crippen molar-refractivity contribution >= 4 is 23.0 Å². The molecule has 8 heteroatoms. The van der Waals surface area contributed by atoms with E-state index in [1.165, 1.54) is 0 Å². The van der Waals surface area contributed by atoms with Crippen molar-refractivity contribution in [2.45, 2.75) is 6.92 Å². The summed E-state index contributed by atoms with van der Waals surface area (Å²) in [7, 11) is 0. The van der Waals surface area contributed by atoms with Crippen LogP contribution >= 0.6 is 0 Å². The molecule has 0 spiro atoms. The Morgan fingerprint density at radius 2 is 2.14 bits per heavy atom. The lowest BCUT2D eigenvalue weighted by Gasteiger charge is -2.08. The van der Waals surface area contributed by atoms with Crippen LogP contribution in [0.15, 0.2) is 54.9 Å². The Morgan fingerprint density at radius 3 is 2.89 bits per heavy atom. The second-order valence-electron chi connectivity index (χ2n) is 6.10. The third-order valence-corrected chi connectivity index (χ3v) is 4.22. The first-order chi connectivity index (χ1) is 13.7. The van der Waals surface area contributed by atoms with Crippen molar-refractivity contribution in [3.05, 3.63) is 60.4 Å². The minimum atomic E-state index is -0.329. The summed E-state index contributed by atoms with van der Waals surface area (Å²) in [5.41, 5.74) is 4.59. The van der Waals surface area contributed by atoms with Crippen LogP contribution in [-0.4, -0.2) is 32.3 Å². The SMILES string of the molecule is CCNC(=O)Nc1nc2cc(-c3cccc(C#N)c3)cc(-n3cccn3)c2[nH]1. The van der Waals surface area contributed by atoms with Crippen molar-refractivity contribution in [2.24, 2.45) is 0 Å². The van der Waals surface area contributed by atoms with Gasteiger partial charge in [0.05, 0.1) is 28.4 Å². The monoisotopic (exact) mass is 371 g/mol. The van der Waals surface area contributed by atoms with E-state index >= 15 is 0 Å². The fourth-order valence-corrected chi connectivity index (χ4v) is 2.99. The van der Waals surface area contributed by atoms with E-state index in [1.54, 1.807) is 16.9 Å². The molecule has 28 heavy (non-hydrogen) atoms. The smallest absolute Gasteiger partial charge is 0.321 e. The summed E-state index contributed by atoms with van der Waals surface area (Å²) in [5, 5.41) is 18.9. The lowest BCUT2D eigenvalue weighted by Crippen LogP contribution is -2.28. The molecule has 0 aliphatic carbocycles. The van der Waals surface area contributed by atoms with Gasteiger partial charge in [0.1, 0.15) is 0 Å². The Labute approximate surface area is 160 Å². The van der Waals surface area contributed by atoms with Gasteiger partial charge in [-0.3, -0.25) is 5.32 Å². The van der Waals surface area contributed by atoms with Gasteiger partial charge in [0.25, 0.3) is 0 Å². The van der Waals surface area contributed by atoms with E-state index in [4.69, 9.17) is 0 Å². The number of aromatic amines is 1. The maximum Gasteiger partial charge on any atom is 0.321 e. The molecular weight excluding hydrogens is 354 g/mol. The average Bonchev–Trinajstić information content (AvgIpc) is 3.37. The van der Waals surface area contributed by atoms with E-state index in [9.17, 15) is 10.1 Å². The first-order valence-electron chi connectivity index (χ1n) is 8.77. The molecule has 0 radical (unpaired) electrons. The number of carbonyl (C=O) groups excluding carboxylic acids is 1. The molecule has 8 nitrogen and oxygen atoms in total. The number of carbonyl (C=O) groups is 1. The van der Waals surface area contributed by atoms with E-state index in [-0.39, 0.29) is 6.03 Å². The Kier molecular flexibility index (Phi) is 4.48. The molecule has 0 atom stereocenters. The molecular formula is C20H17N7O. The van der Waals surface area contributed by atoms with E-state index in [0.29, 0.717) is 23.6 Å². The minimum absolute atomic E-state index is 0.329. The van der Waals surface area contributed by atoms with Gasteiger partial charge in [-0.05, 0) is 48.4 Å². The van der Waals surface area contributed by atoms with E-state index in [0.717, 1.165) is 22.3 Å². The molecule has 2 aromatic carbocycles. The number of anilines is 1. The maximum atomic E-state index is 11.8. The van der Waals surface area contributed by atoms with Gasteiger partial charge in [0.2, 0.25) is 5.95 Å². The molecule has 2 aromatic heterocycles. The van der Waals surface area contributed by atoms with Crippen molar-refractivity contribution in [1.82, 2.24) is 25.1 Å². The van der Waals surface area contributed by atoms with Crippen LogP contribution in [0.2, 0.25) is 0 Å². The number of amides is 2. The molecule has 2 heterocycles. The number of nitrogens with one attached hydrogen (secondary N) is 3. The van der Waals surface area contributed by atoms with E-state index < -0.39 is 0 Å². The van der Waals surface area contributed by atoms with Crippen molar-refractivity contribution in [3.63, 3.8) is 0 Å². The Morgan fingerprint density at radius 1 is 1.25 bits per heavy atom. The number of imidazole rings is 1. The third kappa shape index (κ3) is 3.29. The Balaban J connectivity index is 1.86. The first-order valence-corrected chi connectivity index (χ1v) is 8.77. The molecule has 3 N–H and O–H groups in total. The highest BCUT2D eigenvalue weighted by Gasteiger charge is 2.14. The highest BCUT2D eigenvalue weighted by Crippen LogP contribution is 2.30. The zero-order valence-electron chi connectivity index (χ0n) is 15.1. The van der Waals surface area contributed by atoms with Gasteiger partial charge in [-0.15, -0.1) is 0 Å². The molecule has 0 saturated heterocycles. The Hall–Kier alpha value is -4.12. The topological polar surface area (TPSA) is 111 Å². The summed E-state index contributed by atoms with van der Waals surface area (Å²) < 4.78 is 1.73. The first kappa shape index (κ1) is 17.3. The molecule has 0 fully saturated rings. The molecule has 4 aromatic rings. The zero-order valence-corrected chi connectivity index (χ0v) is 15.1. The van der Waals surface area contributed by atoms with Gasteiger partial charge in [-0.1, -0.05) is 12.1 Å². The van der Waals surface area contributed by atoms with Crippen LogP contribution < -0.4 is 10.6 Å². The van der Waals surface area contributed by atoms with E-state index in [2.05, 4.69) is 31.8 Å².